The minimum absolute atomic E-state index is 0.328. The molecular weight excluding hydrogens is 178 g/mol. The molecule has 1 aliphatic heterocycles. The molecule has 2 heterocycles. The second-order valence-electron chi connectivity index (χ2n) is 4.42. The maximum absolute atomic E-state index is 5.20. The van der Waals surface area contributed by atoms with Gasteiger partial charge >= 0.3 is 0 Å². The highest BCUT2D eigenvalue weighted by Gasteiger charge is 2.33. The maximum atomic E-state index is 5.20. The molecule has 14 heavy (non-hydrogen) atoms. The molecule has 1 saturated heterocycles. The summed E-state index contributed by atoms with van der Waals surface area (Å²) in [6, 6.07) is 2.33. The van der Waals surface area contributed by atoms with Crippen LogP contribution in [0.25, 0.3) is 0 Å². The Bertz CT molecular complexity index is 280. The Morgan fingerprint density at radius 2 is 2.50 bits per heavy atom. The first-order valence-electron chi connectivity index (χ1n) is 5.00. The largest absolute Gasteiger partial charge is 0.380 e. The van der Waals surface area contributed by atoms with Crippen molar-refractivity contribution in [3.63, 3.8) is 0 Å². The summed E-state index contributed by atoms with van der Waals surface area (Å²) in [5.74, 6) is 0. The van der Waals surface area contributed by atoms with Crippen LogP contribution in [0.15, 0.2) is 12.3 Å². The Hall–Kier alpha value is -0.870. The lowest BCUT2D eigenvalue weighted by Crippen LogP contribution is -2.47. The fourth-order valence-electron chi connectivity index (χ4n) is 1.57. The fourth-order valence-corrected chi connectivity index (χ4v) is 1.57. The zero-order chi connectivity index (χ0) is 10.0. The summed E-state index contributed by atoms with van der Waals surface area (Å²) < 4.78 is 5.20. The van der Waals surface area contributed by atoms with E-state index < -0.39 is 0 Å². The van der Waals surface area contributed by atoms with Gasteiger partial charge in [0.15, 0.2) is 0 Å². The third-order valence-corrected chi connectivity index (χ3v) is 2.72. The molecule has 0 radical (unpaired) electrons. The van der Waals surface area contributed by atoms with Crippen LogP contribution in [-0.2, 0) is 4.74 Å². The van der Waals surface area contributed by atoms with Crippen molar-refractivity contribution in [2.75, 3.05) is 19.8 Å². The number of hydrogen-bond acceptors (Lipinski definition) is 3. The number of hydrogen-bond donors (Lipinski definition) is 2. The third-order valence-electron chi connectivity index (χ3n) is 2.72. The van der Waals surface area contributed by atoms with E-state index >= 15 is 0 Å². The van der Waals surface area contributed by atoms with Gasteiger partial charge < -0.3 is 10.1 Å². The van der Waals surface area contributed by atoms with Crippen molar-refractivity contribution in [2.24, 2.45) is 5.41 Å². The lowest BCUT2D eigenvalue weighted by atomic mass is 9.88. The van der Waals surface area contributed by atoms with Gasteiger partial charge in [0.1, 0.15) is 0 Å². The molecule has 1 aromatic heterocycles. The predicted octanol–water partition coefficient (Wildman–Crippen LogP) is 1.10. The maximum Gasteiger partial charge on any atom is 0.0554 e. The molecule has 1 aliphatic rings. The van der Waals surface area contributed by atoms with Gasteiger partial charge in [-0.3, -0.25) is 5.10 Å². The molecule has 2 rings (SSSR count). The van der Waals surface area contributed by atoms with Crippen LogP contribution < -0.4 is 5.32 Å². The fraction of sp³-hybridized carbons (Fsp3) is 0.700. The van der Waals surface area contributed by atoms with Crippen LogP contribution in [0.4, 0.5) is 0 Å². The van der Waals surface area contributed by atoms with E-state index in [2.05, 4.69) is 29.4 Å². The van der Waals surface area contributed by atoms with E-state index in [4.69, 9.17) is 4.74 Å². The zero-order valence-corrected chi connectivity index (χ0v) is 8.71. The molecule has 0 saturated carbocycles. The molecule has 2 N–H and O–H groups in total. The van der Waals surface area contributed by atoms with Gasteiger partial charge in [0.25, 0.3) is 0 Å². The summed E-state index contributed by atoms with van der Waals surface area (Å²) in [7, 11) is 0. The average Bonchev–Trinajstić information content (AvgIpc) is 2.63. The SMILES string of the molecule is CC(NCC1(C)COC1)c1ccn[nH]1. The number of aromatic nitrogens is 2. The monoisotopic (exact) mass is 195 g/mol. The molecule has 1 unspecified atom stereocenters. The number of nitrogens with one attached hydrogen (secondary N) is 2. The van der Waals surface area contributed by atoms with Crippen molar-refractivity contribution < 1.29 is 4.74 Å². The molecule has 78 valence electrons. The smallest absolute Gasteiger partial charge is 0.0554 e. The Balaban J connectivity index is 1.80. The first-order valence-corrected chi connectivity index (χ1v) is 5.00. The highest BCUT2D eigenvalue weighted by atomic mass is 16.5. The van der Waals surface area contributed by atoms with Gasteiger partial charge in [0.2, 0.25) is 0 Å². The first kappa shape index (κ1) is 9.68. The van der Waals surface area contributed by atoms with Gasteiger partial charge in [-0.15, -0.1) is 0 Å². The Kier molecular flexibility index (Phi) is 2.56. The van der Waals surface area contributed by atoms with Crippen LogP contribution in [0.2, 0.25) is 0 Å². The Labute approximate surface area is 84.0 Å². The number of aromatic amines is 1. The zero-order valence-electron chi connectivity index (χ0n) is 8.71. The lowest BCUT2D eigenvalue weighted by Gasteiger charge is -2.38. The van der Waals surface area contributed by atoms with Crippen LogP contribution in [-0.4, -0.2) is 30.0 Å². The molecule has 0 aliphatic carbocycles. The molecule has 0 aromatic carbocycles. The average molecular weight is 195 g/mol. The normalized spacial score (nSPS) is 21.6. The molecule has 0 amide bonds. The van der Waals surface area contributed by atoms with E-state index in [1.807, 2.05) is 6.07 Å². The standard InChI is InChI=1S/C10H17N3O/c1-8(9-3-4-12-13-9)11-5-10(2)6-14-7-10/h3-4,8,11H,5-7H2,1-2H3,(H,12,13). The highest BCUT2D eigenvalue weighted by Crippen LogP contribution is 2.26. The lowest BCUT2D eigenvalue weighted by molar-refractivity contribution is -0.0999. The minimum Gasteiger partial charge on any atom is -0.380 e. The van der Waals surface area contributed by atoms with Gasteiger partial charge in [-0.1, -0.05) is 6.92 Å². The van der Waals surface area contributed by atoms with Crippen LogP contribution in [0, 0.1) is 5.41 Å². The van der Waals surface area contributed by atoms with E-state index in [1.54, 1.807) is 6.20 Å². The molecule has 1 aromatic rings. The number of H-pyrrole nitrogens is 1. The Morgan fingerprint density at radius 3 is 3.00 bits per heavy atom. The number of ether oxygens (including phenoxy) is 1. The quantitative estimate of drug-likeness (QED) is 0.756. The van der Waals surface area contributed by atoms with Crippen LogP contribution in [0.1, 0.15) is 25.6 Å². The number of nitrogens with zero attached hydrogens (tertiary/aromatic N) is 1. The summed E-state index contributed by atoms with van der Waals surface area (Å²) in [5, 5.41) is 10.4. The van der Waals surface area contributed by atoms with Crippen molar-refractivity contribution in [1.29, 1.82) is 0 Å². The van der Waals surface area contributed by atoms with E-state index in [0.717, 1.165) is 25.5 Å². The van der Waals surface area contributed by atoms with E-state index in [9.17, 15) is 0 Å². The molecule has 1 fully saturated rings. The topological polar surface area (TPSA) is 49.9 Å². The number of rotatable bonds is 4. The van der Waals surface area contributed by atoms with Gasteiger partial charge in [-0.2, -0.15) is 5.10 Å². The van der Waals surface area contributed by atoms with Crippen molar-refractivity contribution in [3.8, 4) is 0 Å². The van der Waals surface area contributed by atoms with Crippen LogP contribution in [0.5, 0.6) is 0 Å². The second-order valence-corrected chi connectivity index (χ2v) is 4.42. The summed E-state index contributed by atoms with van der Waals surface area (Å²) in [5.41, 5.74) is 1.46. The van der Waals surface area contributed by atoms with E-state index in [-0.39, 0.29) is 0 Å². The van der Waals surface area contributed by atoms with Crippen molar-refractivity contribution in [3.05, 3.63) is 18.0 Å². The van der Waals surface area contributed by atoms with Crippen molar-refractivity contribution in [1.82, 2.24) is 15.5 Å². The van der Waals surface area contributed by atoms with Gasteiger partial charge in [-0.25, -0.2) is 0 Å². The first-order chi connectivity index (χ1) is 6.70. The summed E-state index contributed by atoms with van der Waals surface area (Å²) in [6.45, 7) is 7.11. The van der Waals surface area contributed by atoms with E-state index in [1.165, 1.54) is 0 Å². The summed E-state index contributed by atoms with van der Waals surface area (Å²) in [6.07, 6.45) is 1.78. The highest BCUT2D eigenvalue weighted by molar-refractivity contribution is 5.03. The summed E-state index contributed by atoms with van der Waals surface area (Å²) in [4.78, 5) is 0. The molecule has 4 heteroatoms. The molecule has 0 bridgehead atoms. The van der Waals surface area contributed by atoms with Crippen molar-refractivity contribution in [2.45, 2.75) is 19.9 Å². The molecule has 1 atom stereocenters. The van der Waals surface area contributed by atoms with Crippen LogP contribution >= 0.6 is 0 Å². The minimum atomic E-state index is 0.328. The van der Waals surface area contributed by atoms with Crippen LogP contribution in [0.3, 0.4) is 0 Å². The molecule has 4 nitrogen and oxygen atoms in total. The molecular formula is C10H17N3O. The Morgan fingerprint density at radius 1 is 1.71 bits per heavy atom. The van der Waals surface area contributed by atoms with Gasteiger partial charge in [-0.05, 0) is 13.0 Å². The second kappa shape index (κ2) is 3.71. The third kappa shape index (κ3) is 1.96. The summed E-state index contributed by atoms with van der Waals surface area (Å²) >= 11 is 0. The predicted molar refractivity (Wildman–Crippen MR) is 53.9 cm³/mol. The van der Waals surface area contributed by atoms with E-state index in [0.29, 0.717) is 11.5 Å². The van der Waals surface area contributed by atoms with Crippen molar-refractivity contribution >= 4 is 0 Å². The van der Waals surface area contributed by atoms with Gasteiger partial charge in [0.05, 0.1) is 18.9 Å². The van der Waals surface area contributed by atoms with Gasteiger partial charge in [0, 0.05) is 24.2 Å². The molecule has 0 spiro atoms.